The molecule has 2 aromatic carbocycles. The number of phenolic OH excluding ortho intramolecular Hbond substituents is 1. The van der Waals surface area contributed by atoms with E-state index in [1.807, 2.05) is 25.1 Å². The van der Waals surface area contributed by atoms with E-state index >= 15 is 0 Å². The van der Waals surface area contributed by atoms with Crippen LogP contribution in [0.4, 0.5) is 5.69 Å². The summed E-state index contributed by atoms with van der Waals surface area (Å²) in [7, 11) is 1.63. The number of phenols is 1. The molecule has 0 aliphatic carbocycles. The summed E-state index contributed by atoms with van der Waals surface area (Å²) in [6, 6.07) is 8.14. The van der Waals surface area contributed by atoms with Gasteiger partial charge in [-0.25, -0.2) is 0 Å². The maximum atomic E-state index is 13.0. The molecule has 3 rings (SSSR count). The summed E-state index contributed by atoms with van der Waals surface area (Å²) in [6.45, 7) is 2.49. The second-order valence-corrected chi connectivity index (χ2v) is 7.03. The zero-order valence-electron chi connectivity index (χ0n) is 15.0. The van der Waals surface area contributed by atoms with Crippen LogP contribution in [0.25, 0.3) is 0 Å². The van der Waals surface area contributed by atoms with Gasteiger partial charge in [-0.1, -0.05) is 11.6 Å². The summed E-state index contributed by atoms with van der Waals surface area (Å²) in [6.07, 6.45) is 2.12. The highest BCUT2D eigenvalue weighted by Crippen LogP contribution is 2.32. The van der Waals surface area contributed by atoms with Gasteiger partial charge in [0.15, 0.2) is 0 Å². The Labute approximate surface area is 158 Å². The molecule has 0 spiro atoms. The number of fused-ring (bicyclic) bond motifs is 1. The third kappa shape index (κ3) is 3.64. The van der Waals surface area contributed by atoms with Gasteiger partial charge in [0.1, 0.15) is 11.5 Å². The van der Waals surface area contributed by atoms with Crippen molar-refractivity contribution in [3.63, 3.8) is 0 Å². The van der Waals surface area contributed by atoms with Gasteiger partial charge < -0.3 is 20.5 Å². The molecule has 5 nitrogen and oxygen atoms in total. The normalized spacial score (nSPS) is 14.7. The Morgan fingerprint density at radius 2 is 2.15 bits per heavy atom. The number of aromatic hydroxyl groups is 1. The fourth-order valence-electron chi connectivity index (χ4n) is 3.45. The highest BCUT2D eigenvalue weighted by molar-refractivity contribution is 6.31. The number of nitrogens with two attached hydrogens (primary N) is 1. The van der Waals surface area contributed by atoms with Crippen LogP contribution in [0.5, 0.6) is 11.5 Å². The Bertz CT molecular complexity index is 815. The number of rotatable bonds is 4. The van der Waals surface area contributed by atoms with Gasteiger partial charge in [0, 0.05) is 17.3 Å². The minimum atomic E-state index is -0.705. The van der Waals surface area contributed by atoms with Gasteiger partial charge >= 0.3 is 0 Å². The van der Waals surface area contributed by atoms with Gasteiger partial charge in [-0.05, 0) is 73.2 Å². The summed E-state index contributed by atoms with van der Waals surface area (Å²) in [5.41, 5.74) is 9.83. The van der Waals surface area contributed by atoms with Crippen molar-refractivity contribution < 1.29 is 14.6 Å². The zero-order chi connectivity index (χ0) is 18.8. The standard InChI is InChI=1S/C20H23ClN2O3/c1-12-8-14(24)10-17(21)16(12)11-18(22)20(25)23-7-3-4-13-9-15(26-2)5-6-19(13)23/h5-6,8-10,18,24H,3-4,7,11,22H2,1-2H3. The molecule has 1 unspecified atom stereocenters. The van der Waals surface area contributed by atoms with Crippen molar-refractivity contribution >= 4 is 23.2 Å². The summed E-state index contributed by atoms with van der Waals surface area (Å²) < 4.78 is 5.28. The maximum absolute atomic E-state index is 13.0. The number of hydrogen-bond acceptors (Lipinski definition) is 4. The molecule has 3 N–H and O–H groups in total. The number of benzene rings is 2. The quantitative estimate of drug-likeness (QED) is 0.861. The minimum Gasteiger partial charge on any atom is -0.508 e. The first kappa shape index (κ1) is 18.5. The van der Waals surface area contributed by atoms with Gasteiger partial charge in [0.05, 0.1) is 13.2 Å². The Morgan fingerprint density at radius 1 is 1.38 bits per heavy atom. The highest BCUT2D eigenvalue weighted by Gasteiger charge is 2.28. The number of anilines is 1. The summed E-state index contributed by atoms with van der Waals surface area (Å²) >= 11 is 6.23. The summed E-state index contributed by atoms with van der Waals surface area (Å²) in [5, 5.41) is 10.0. The Kier molecular flexibility index (Phi) is 5.39. The molecule has 0 aromatic heterocycles. The molecule has 138 valence electrons. The Balaban J connectivity index is 1.82. The van der Waals surface area contributed by atoms with Crippen LogP contribution >= 0.6 is 11.6 Å². The van der Waals surface area contributed by atoms with E-state index < -0.39 is 6.04 Å². The third-order valence-corrected chi connectivity index (χ3v) is 5.15. The first-order valence-corrected chi connectivity index (χ1v) is 9.00. The lowest BCUT2D eigenvalue weighted by molar-refractivity contribution is -0.119. The molecule has 0 bridgehead atoms. The van der Waals surface area contributed by atoms with Crippen molar-refractivity contribution in [2.45, 2.75) is 32.2 Å². The van der Waals surface area contributed by atoms with Crippen LogP contribution in [0.3, 0.4) is 0 Å². The number of halogens is 1. The highest BCUT2D eigenvalue weighted by atomic mass is 35.5. The summed E-state index contributed by atoms with van der Waals surface area (Å²) in [4.78, 5) is 14.7. The van der Waals surface area contributed by atoms with E-state index in [4.69, 9.17) is 22.1 Å². The van der Waals surface area contributed by atoms with Crippen LogP contribution in [0.2, 0.25) is 5.02 Å². The Hall–Kier alpha value is -2.24. The molecule has 6 heteroatoms. The predicted octanol–water partition coefficient (Wildman–Crippen LogP) is 3.21. The molecule has 1 heterocycles. The topological polar surface area (TPSA) is 75.8 Å². The lowest BCUT2D eigenvalue weighted by Gasteiger charge is -2.32. The maximum Gasteiger partial charge on any atom is 0.244 e. The number of methoxy groups -OCH3 is 1. The van der Waals surface area contributed by atoms with E-state index in [0.29, 0.717) is 18.0 Å². The van der Waals surface area contributed by atoms with Gasteiger partial charge in [0.2, 0.25) is 5.91 Å². The number of aryl methyl sites for hydroxylation is 2. The average molecular weight is 375 g/mol. The Morgan fingerprint density at radius 3 is 2.85 bits per heavy atom. The first-order chi connectivity index (χ1) is 12.4. The van der Waals surface area contributed by atoms with Crippen LogP contribution in [0, 0.1) is 6.92 Å². The monoisotopic (exact) mass is 374 g/mol. The molecule has 0 fully saturated rings. The van der Waals surface area contributed by atoms with Crippen LogP contribution in [0.15, 0.2) is 30.3 Å². The van der Waals surface area contributed by atoms with Gasteiger partial charge in [-0.2, -0.15) is 0 Å². The number of carbonyl (C=O) groups is 1. The largest absolute Gasteiger partial charge is 0.508 e. The zero-order valence-corrected chi connectivity index (χ0v) is 15.7. The molecule has 26 heavy (non-hydrogen) atoms. The van der Waals surface area contributed by atoms with Crippen molar-refractivity contribution in [3.05, 3.63) is 52.0 Å². The molecule has 1 aliphatic heterocycles. The van der Waals surface area contributed by atoms with E-state index in [2.05, 4.69) is 0 Å². The minimum absolute atomic E-state index is 0.107. The molecule has 1 atom stereocenters. The van der Waals surface area contributed by atoms with Crippen LogP contribution in [-0.2, 0) is 17.6 Å². The fourth-order valence-corrected chi connectivity index (χ4v) is 3.79. The van der Waals surface area contributed by atoms with Crippen molar-refractivity contribution in [2.24, 2.45) is 5.73 Å². The lowest BCUT2D eigenvalue weighted by Crippen LogP contribution is -2.47. The predicted molar refractivity (Wildman–Crippen MR) is 103 cm³/mol. The molecular weight excluding hydrogens is 352 g/mol. The third-order valence-electron chi connectivity index (χ3n) is 4.82. The number of nitrogens with zero attached hydrogens (tertiary/aromatic N) is 1. The summed E-state index contributed by atoms with van der Waals surface area (Å²) in [5.74, 6) is 0.767. The van der Waals surface area contributed by atoms with Crippen LogP contribution < -0.4 is 15.4 Å². The van der Waals surface area contributed by atoms with E-state index in [1.54, 1.807) is 18.1 Å². The van der Waals surface area contributed by atoms with E-state index in [9.17, 15) is 9.90 Å². The van der Waals surface area contributed by atoms with Crippen LogP contribution in [-0.4, -0.2) is 30.7 Å². The fraction of sp³-hybridized carbons (Fsp3) is 0.350. The average Bonchev–Trinajstić information content (AvgIpc) is 2.62. The SMILES string of the molecule is COc1ccc2c(c1)CCCN2C(=O)C(N)Cc1c(C)cc(O)cc1Cl. The van der Waals surface area contributed by atoms with Crippen molar-refractivity contribution in [1.29, 1.82) is 0 Å². The van der Waals surface area contributed by atoms with Crippen molar-refractivity contribution in [1.82, 2.24) is 0 Å². The molecule has 0 radical (unpaired) electrons. The first-order valence-electron chi connectivity index (χ1n) is 8.62. The molecule has 1 amide bonds. The van der Waals surface area contributed by atoms with Gasteiger partial charge in [-0.15, -0.1) is 0 Å². The second kappa shape index (κ2) is 7.56. The smallest absolute Gasteiger partial charge is 0.244 e. The van der Waals surface area contributed by atoms with Gasteiger partial charge in [0.25, 0.3) is 0 Å². The molecular formula is C20H23ClN2O3. The number of amides is 1. The number of carbonyl (C=O) groups excluding carboxylic acids is 1. The van der Waals surface area contributed by atoms with E-state index in [-0.39, 0.29) is 11.7 Å². The molecule has 0 saturated heterocycles. The van der Waals surface area contributed by atoms with Gasteiger partial charge in [-0.3, -0.25) is 4.79 Å². The molecule has 0 saturated carbocycles. The number of hydrogen-bond donors (Lipinski definition) is 2. The molecule has 2 aromatic rings. The lowest BCUT2D eigenvalue weighted by atomic mass is 9.97. The number of ether oxygens (including phenoxy) is 1. The van der Waals surface area contributed by atoms with Crippen molar-refractivity contribution in [2.75, 3.05) is 18.6 Å². The van der Waals surface area contributed by atoms with Crippen molar-refractivity contribution in [3.8, 4) is 11.5 Å². The van der Waals surface area contributed by atoms with E-state index in [1.165, 1.54) is 6.07 Å². The second-order valence-electron chi connectivity index (χ2n) is 6.62. The molecule has 1 aliphatic rings. The van der Waals surface area contributed by atoms with Crippen LogP contribution in [0.1, 0.15) is 23.1 Å². The van der Waals surface area contributed by atoms with E-state index in [0.717, 1.165) is 41.0 Å².